The smallest absolute Gasteiger partial charge is 0.465 e. The zero-order chi connectivity index (χ0) is 13.9. The van der Waals surface area contributed by atoms with Crippen LogP contribution >= 0.6 is 11.6 Å². The van der Waals surface area contributed by atoms with E-state index in [1.807, 2.05) is 4.98 Å². The number of H-pyrrole nitrogens is 1. The third-order valence-corrected chi connectivity index (χ3v) is 2.11. The molecule has 100 valence electrons. The van der Waals surface area contributed by atoms with Crippen molar-refractivity contribution in [2.24, 2.45) is 0 Å². The summed E-state index contributed by atoms with van der Waals surface area (Å²) in [6.07, 6.45) is -4.97. The first-order chi connectivity index (χ1) is 8.28. The normalized spacial score (nSPS) is 11.2. The average molecular weight is 286 g/mol. The Morgan fingerprint density at radius 3 is 2.56 bits per heavy atom. The molecule has 0 saturated carbocycles. The molecule has 0 unspecified atom stereocenters. The summed E-state index contributed by atoms with van der Waals surface area (Å²) < 4.78 is 44.2. The van der Waals surface area contributed by atoms with Gasteiger partial charge in [0, 0.05) is 6.07 Å². The number of hydrogen-bond donors (Lipinski definition) is 1. The lowest BCUT2D eigenvalue weighted by Crippen LogP contribution is -2.24. The lowest BCUT2D eigenvalue weighted by Gasteiger charge is -2.12. The van der Waals surface area contributed by atoms with Crippen molar-refractivity contribution in [3.63, 3.8) is 0 Å². The maximum atomic E-state index is 12.1. The molecule has 1 rings (SSSR count). The number of methoxy groups -OCH3 is 1. The highest BCUT2D eigenvalue weighted by Gasteiger charge is 2.33. The van der Waals surface area contributed by atoms with Gasteiger partial charge in [0.2, 0.25) is 0 Å². The second-order valence-corrected chi connectivity index (χ2v) is 3.30. The molecule has 0 fully saturated rings. The fourth-order valence-electron chi connectivity index (χ4n) is 1.13. The summed E-state index contributed by atoms with van der Waals surface area (Å²) in [5, 5.41) is 0. The van der Waals surface area contributed by atoms with Gasteiger partial charge in [-0.05, 0) is 0 Å². The van der Waals surface area contributed by atoms with Gasteiger partial charge in [-0.1, -0.05) is 0 Å². The summed E-state index contributed by atoms with van der Waals surface area (Å²) in [6, 6.07) is 0.635. The Labute approximate surface area is 103 Å². The highest BCUT2D eigenvalue weighted by atomic mass is 35.5. The van der Waals surface area contributed by atoms with Crippen molar-refractivity contribution in [1.29, 1.82) is 0 Å². The molecule has 0 radical (unpaired) electrons. The first-order valence-corrected chi connectivity index (χ1v) is 4.98. The number of ether oxygens (including phenoxy) is 2. The first-order valence-electron chi connectivity index (χ1n) is 4.44. The van der Waals surface area contributed by atoms with Crippen LogP contribution in [-0.4, -0.2) is 24.4 Å². The average Bonchev–Trinajstić information content (AvgIpc) is 2.28. The molecule has 0 bridgehead atoms. The molecular weight excluding hydrogens is 279 g/mol. The van der Waals surface area contributed by atoms with E-state index in [0.29, 0.717) is 6.07 Å². The van der Waals surface area contributed by atoms with Gasteiger partial charge in [0.15, 0.2) is 5.75 Å². The zero-order valence-electron chi connectivity index (χ0n) is 8.93. The highest BCUT2D eigenvalue weighted by Crippen LogP contribution is 2.26. The number of esters is 1. The molecule has 18 heavy (non-hydrogen) atoms. The minimum atomic E-state index is -4.97. The van der Waals surface area contributed by atoms with Crippen LogP contribution in [0.5, 0.6) is 5.75 Å². The molecule has 5 nitrogen and oxygen atoms in total. The van der Waals surface area contributed by atoms with Gasteiger partial charge in [-0.25, -0.2) is 4.79 Å². The molecule has 1 aromatic rings. The van der Waals surface area contributed by atoms with Crippen LogP contribution in [0.15, 0.2) is 10.9 Å². The van der Waals surface area contributed by atoms with Crippen LogP contribution in [0.3, 0.4) is 0 Å². The third-order valence-electron chi connectivity index (χ3n) is 1.85. The largest absolute Gasteiger partial charge is 0.573 e. The van der Waals surface area contributed by atoms with Crippen molar-refractivity contribution in [2.75, 3.05) is 7.11 Å². The Morgan fingerprint density at radius 2 is 2.11 bits per heavy atom. The molecule has 0 spiro atoms. The SMILES string of the molecule is COC(=O)c1cc(OC(F)(F)F)c(CCl)[nH]c1=O. The summed E-state index contributed by atoms with van der Waals surface area (Å²) in [7, 11) is 0.988. The van der Waals surface area contributed by atoms with E-state index >= 15 is 0 Å². The Bertz CT molecular complexity index is 512. The summed E-state index contributed by atoms with van der Waals surface area (Å²) >= 11 is 5.37. The molecule has 0 atom stereocenters. The molecule has 1 N–H and O–H groups in total. The van der Waals surface area contributed by atoms with E-state index in [4.69, 9.17) is 11.6 Å². The second kappa shape index (κ2) is 5.30. The molecule has 0 aliphatic rings. The number of alkyl halides is 4. The van der Waals surface area contributed by atoms with E-state index in [9.17, 15) is 22.8 Å². The number of aromatic nitrogens is 1. The van der Waals surface area contributed by atoms with Crippen LogP contribution in [0.2, 0.25) is 0 Å². The molecule has 0 aliphatic heterocycles. The van der Waals surface area contributed by atoms with E-state index in [1.165, 1.54) is 0 Å². The van der Waals surface area contributed by atoms with Crippen molar-refractivity contribution in [2.45, 2.75) is 12.2 Å². The number of rotatable bonds is 3. The molecular formula is C9H7ClF3NO4. The van der Waals surface area contributed by atoms with Crippen LogP contribution in [-0.2, 0) is 10.6 Å². The van der Waals surface area contributed by atoms with Gasteiger partial charge in [0.05, 0.1) is 18.7 Å². The molecule has 0 saturated heterocycles. The van der Waals surface area contributed by atoms with E-state index < -0.39 is 35.1 Å². The third kappa shape index (κ3) is 3.39. The van der Waals surface area contributed by atoms with E-state index in [2.05, 4.69) is 9.47 Å². The van der Waals surface area contributed by atoms with Gasteiger partial charge < -0.3 is 14.5 Å². The molecule has 0 amide bonds. The number of nitrogens with one attached hydrogen (secondary N) is 1. The van der Waals surface area contributed by atoms with Gasteiger partial charge in [0.1, 0.15) is 5.56 Å². The lowest BCUT2D eigenvalue weighted by atomic mass is 10.2. The van der Waals surface area contributed by atoms with Gasteiger partial charge >= 0.3 is 12.3 Å². The van der Waals surface area contributed by atoms with Crippen molar-refractivity contribution in [1.82, 2.24) is 4.98 Å². The fourth-order valence-corrected chi connectivity index (χ4v) is 1.32. The van der Waals surface area contributed by atoms with Crippen LogP contribution in [0.1, 0.15) is 16.1 Å². The summed E-state index contributed by atoms with van der Waals surface area (Å²) in [6.45, 7) is 0. The summed E-state index contributed by atoms with van der Waals surface area (Å²) in [5.74, 6) is -2.25. The molecule has 0 aliphatic carbocycles. The first kappa shape index (κ1) is 14.4. The molecule has 9 heteroatoms. The summed E-state index contributed by atoms with van der Waals surface area (Å²) in [5.41, 5.74) is -1.80. The van der Waals surface area contributed by atoms with Gasteiger partial charge in [-0.3, -0.25) is 4.79 Å². The predicted octanol–water partition coefficient (Wildman–Crippen LogP) is 1.80. The van der Waals surface area contributed by atoms with E-state index in [1.54, 1.807) is 0 Å². The Morgan fingerprint density at radius 1 is 1.50 bits per heavy atom. The summed E-state index contributed by atoms with van der Waals surface area (Å²) in [4.78, 5) is 24.5. The fraction of sp³-hybridized carbons (Fsp3) is 0.333. The molecule has 1 heterocycles. The number of carbonyl (C=O) groups is 1. The Kier molecular flexibility index (Phi) is 4.23. The maximum absolute atomic E-state index is 12.1. The van der Waals surface area contributed by atoms with Gasteiger partial charge in [-0.15, -0.1) is 24.8 Å². The zero-order valence-corrected chi connectivity index (χ0v) is 9.69. The molecule has 1 aromatic heterocycles. The van der Waals surface area contributed by atoms with E-state index in [-0.39, 0.29) is 5.69 Å². The number of halogens is 4. The minimum Gasteiger partial charge on any atom is -0.465 e. The van der Waals surface area contributed by atoms with Gasteiger partial charge in [-0.2, -0.15) is 0 Å². The van der Waals surface area contributed by atoms with Crippen LogP contribution in [0, 0.1) is 0 Å². The van der Waals surface area contributed by atoms with Crippen molar-refractivity contribution >= 4 is 17.6 Å². The van der Waals surface area contributed by atoms with Crippen LogP contribution < -0.4 is 10.3 Å². The minimum absolute atomic E-state index is 0.286. The number of aromatic amines is 1. The van der Waals surface area contributed by atoms with E-state index in [0.717, 1.165) is 7.11 Å². The number of carbonyl (C=O) groups excluding carboxylic acids is 1. The van der Waals surface area contributed by atoms with Crippen molar-refractivity contribution in [3.05, 3.63) is 27.7 Å². The van der Waals surface area contributed by atoms with Gasteiger partial charge in [0.25, 0.3) is 5.56 Å². The van der Waals surface area contributed by atoms with Crippen LogP contribution in [0.4, 0.5) is 13.2 Å². The topological polar surface area (TPSA) is 68.4 Å². The standard InChI is InChI=1S/C9H7ClF3NO4/c1-17-8(16)4-2-6(18-9(11,12)13)5(3-10)14-7(4)15/h2H,3H2,1H3,(H,14,15). The quantitative estimate of drug-likeness (QED) is 0.679. The predicted molar refractivity (Wildman–Crippen MR) is 54.6 cm³/mol. The lowest BCUT2D eigenvalue weighted by molar-refractivity contribution is -0.275. The number of pyridine rings is 1. The maximum Gasteiger partial charge on any atom is 0.573 e. The Hall–Kier alpha value is -1.70. The monoisotopic (exact) mass is 285 g/mol. The van der Waals surface area contributed by atoms with Crippen LogP contribution in [0.25, 0.3) is 0 Å². The van der Waals surface area contributed by atoms with Crippen molar-refractivity contribution in [3.8, 4) is 5.75 Å². The second-order valence-electron chi connectivity index (χ2n) is 3.03. The Balaban J connectivity index is 3.31. The van der Waals surface area contributed by atoms with Crippen molar-refractivity contribution < 1.29 is 27.4 Å². The number of hydrogen-bond acceptors (Lipinski definition) is 4. The highest BCUT2D eigenvalue weighted by molar-refractivity contribution is 6.17. The molecule has 0 aromatic carbocycles.